The number of hydrogen-bond acceptors (Lipinski definition) is 4. The third-order valence-corrected chi connectivity index (χ3v) is 5.25. The molecule has 0 radical (unpaired) electrons. The first-order valence-electron chi connectivity index (χ1n) is 8.60. The predicted octanol–water partition coefficient (Wildman–Crippen LogP) is 2.62. The number of para-hydroxylation sites is 1. The summed E-state index contributed by atoms with van der Waals surface area (Å²) in [5.74, 6) is 0.297. The predicted molar refractivity (Wildman–Crippen MR) is 98.2 cm³/mol. The number of fused-ring (bicyclic) bond motifs is 2. The molecular formula is C20H23N3O2. The van der Waals surface area contributed by atoms with Gasteiger partial charge in [-0.15, -0.1) is 0 Å². The first-order chi connectivity index (χ1) is 12.0. The minimum absolute atomic E-state index is 0.0592. The third-order valence-electron chi connectivity index (χ3n) is 5.25. The molecule has 3 N–H and O–H groups in total. The van der Waals surface area contributed by atoms with Gasteiger partial charge in [-0.25, -0.2) is 0 Å². The van der Waals surface area contributed by atoms with Crippen molar-refractivity contribution in [1.29, 1.82) is 0 Å². The van der Waals surface area contributed by atoms with Gasteiger partial charge in [-0.05, 0) is 55.9 Å². The topological polar surface area (TPSA) is 64.6 Å². The first-order valence-corrected chi connectivity index (χ1v) is 8.60. The number of hydrogen-bond donors (Lipinski definition) is 3. The Morgan fingerprint density at radius 2 is 1.88 bits per heavy atom. The zero-order valence-electron chi connectivity index (χ0n) is 14.7. The lowest BCUT2D eigenvalue weighted by molar-refractivity contribution is 0.0950. The quantitative estimate of drug-likeness (QED) is 0.806. The second kappa shape index (κ2) is 5.77. The summed E-state index contributed by atoms with van der Waals surface area (Å²) in [5.41, 5.74) is 4.63. The molecule has 0 bridgehead atoms. The van der Waals surface area contributed by atoms with Gasteiger partial charge in [0.1, 0.15) is 5.75 Å². The van der Waals surface area contributed by atoms with Crippen LogP contribution in [0.15, 0.2) is 36.4 Å². The van der Waals surface area contributed by atoms with E-state index in [2.05, 4.69) is 41.8 Å². The molecule has 3 unspecified atom stereocenters. The number of carbonyl (C=O) groups excluding carboxylic acids is 1. The van der Waals surface area contributed by atoms with E-state index in [1.807, 2.05) is 19.1 Å². The molecule has 2 aromatic carbocycles. The third kappa shape index (κ3) is 2.55. The van der Waals surface area contributed by atoms with Crippen molar-refractivity contribution in [3.05, 3.63) is 58.7 Å². The van der Waals surface area contributed by atoms with Crippen molar-refractivity contribution in [3.63, 3.8) is 0 Å². The fourth-order valence-electron chi connectivity index (χ4n) is 4.14. The minimum Gasteiger partial charge on any atom is -0.508 e. The van der Waals surface area contributed by atoms with E-state index in [0.717, 1.165) is 23.4 Å². The standard InChI is InChI=1S/C20H23N3O2/c1-11-8-14-13(9-17(11)24)19(22-20(14)25)18-12-6-4-5-7-15(12)21-16(18)10-23(2)3/h4-9,16,18-19,21,24H,10H2,1-3H3,(H,22,25). The van der Waals surface area contributed by atoms with Crippen LogP contribution in [0.5, 0.6) is 5.75 Å². The SMILES string of the molecule is Cc1cc2c(cc1O)C(C1c3ccccc3NC1CN(C)C)NC2=O. The van der Waals surface area contributed by atoms with Crippen LogP contribution in [-0.4, -0.2) is 42.6 Å². The highest BCUT2D eigenvalue weighted by Crippen LogP contribution is 2.47. The number of rotatable bonds is 3. The average molecular weight is 337 g/mol. The highest BCUT2D eigenvalue weighted by molar-refractivity contribution is 6.00. The second-order valence-corrected chi connectivity index (χ2v) is 7.30. The average Bonchev–Trinajstić information content (AvgIpc) is 3.05. The number of anilines is 1. The molecule has 5 heteroatoms. The lowest BCUT2D eigenvalue weighted by Crippen LogP contribution is -2.38. The van der Waals surface area contributed by atoms with Crippen molar-refractivity contribution in [2.24, 2.45) is 0 Å². The second-order valence-electron chi connectivity index (χ2n) is 7.30. The van der Waals surface area contributed by atoms with Gasteiger partial charge in [0.15, 0.2) is 0 Å². The summed E-state index contributed by atoms with van der Waals surface area (Å²) in [7, 11) is 4.11. The Morgan fingerprint density at radius 3 is 2.64 bits per heavy atom. The fraction of sp³-hybridized carbons (Fsp3) is 0.350. The zero-order chi connectivity index (χ0) is 17.7. The van der Waals surface area contributed by atoms with Crippen molar-refractivity contribution < 1.29 is 9.90 Å². The lowest BCUT2D eigenvalue weighted by Gasteiger charge is -2.29. The molecular weight excluding hydrogens is 314 g/mol. The lowest BCUT2D eigenvalue weighted by atomic mass is 9.84. The Kier molecular flexibility index (Phi) is 3.69. The number of nitrogens with one attached hydrogen (secondary N) is 2. The normalized spacial score (nSPS) is 24.0. The summed E-state index contributed by atoms with van der Waals surface area (Å²) in [4.78, 5) is 14.7. The van der Waals surface area contributed by atoms with Gasteiger partial charge in [0, 0.05) is 29.8 Å². The smallest absolute Gasteiger partial charge is 0.252 e. The first kappa shape index (κ1) is 16.0. The van der Waals surface area contributed by atoms with Gasteiger partial charge >= 0.3 is 0 Å². The molecule has 0 fully saturated rings. The molecule has 25 heavy (non-hydrogen) atoms. The van der Waals surface area contributed by atoms with Gasteiger partial charge in [0.05, 0.1) is 6.04 Å². The van der Waals surface area contributed by atoms with E-state index in [-0.39, 0.29) is 29.7 Å². The van der Waals surface area contributed by atoms with Crippen molar-refractivity contribution >= 4 is 11.6 Å². The Bertz CT molecular complexity index is 847. The molecule has 2 heterocycles. The summed E-state index contributed by atoms with van der Waals surface area (Å²) in [6, 6.07) is 11.9. The number of aromatic hydroxyl groups is 1. The summed E-state index contributed by atoms with van der Waals surface area (Å²) < 4.78 is 0. The van der Waals surface area contributed by atoms with E-state index < -0.39 is 0 Å². The number of amides is 1. The number of phenolic OH excluding ortho intramolecular Hbond substituents is 1. The van der Waals surface area contributed by atoms with Crippen molar-refractivity contribution in [3.8, 4) is 5.75 Å². The molecule has 0 aliphatic carbocycles. The van der Waals surface area contributed by atoms with Crippen LogP contribution in [0.1, 0.15) is 39.0 Å². The van der Waals surface area contributed by atoms with E-state index in [0.29, 0.717) is 5.56 Å². The molecule has 2 aliphatic rings. The maximum Gasteiger partial charge on any atom is 0.252 e. The summed E-state index contributed by atoms with van der Waals surface area (Å²) >= 11 is 0. The minimum atomic E-state index is -0.143. The van der Waals surface area contributed by atoms with Gasteiger partial charge in [-0.3, -0.25) is 4.79 Å². The van der Waals surface area contributed by atoms with E-state index in [9.17, 15) is 9.90 Å². The van der Waals surface area contributed by atoms with Gasteiger partial charge in [0.2, 0.25) is 0 Å². The van der Waals surface area contributed by atoms with Crippen molar-refractivity contribution in [2.75, 3.05) is 26.0 Å². The molecule has 0 saturated heterocycles. The van der Waals surface area contributed by atoms with Crippen molar-refractivity contribution in [2.45, 2.75) is 24.9 Å². The number of carbonyl (C=O) groups is 1. The van der Waals surface area contributed by atoms with Crippen LogP contribution in [0.2, 0.25) is 0 Å². The maximum atomic E-state index is 12.5. The molecule has 1 amide bonds. The Balaban J connectivity index is 1.80. The highest BCUT2D eigenvalue weighted by Gasteiger charge is 2.43. The van der Waals surface area contributed by atoms with Gasteiger partial charge in [0.25, 0.3) is 5.91 Å². The molecule has 130 valence electrons. The molecule has 5 nitrogen and oxygen atoms in total. The summed E-state index contributed by atoms with van der Waals surface area (Å²) in [6.45, 7) is 2.68. The molecule has 4 rings (SSSR count). The van der Waals surface area contributed by atoms with Crippen LogP contribution >= 0.6 is 0 Å². The Hall–Kier alpha value is -2.53. The van der Waals surface area contributed by atoms with Crippen LogP contribution in [0, 0.1) is 6.92 Å². The van der Waals surface area contributed by atoms with Crippen LogP contribution in [0.3, 0.4) is 0 Å². The number of nitrogens with zero attached hydrogens (tertiary/aromatic N) is 1. The van der Waals surface area contributed by atoms with Gasteiger partial charge in [-0.2, -0.15) is 0 Å². The number of phenols is 1. The zero-order valence-corrected chi connectivity index (χ0v) is 14.7. The highest BCUT2D eigenvalue weighted by atomic mass is 16.3. The van der Waals surface area contributed by atoms with Crippen LogP contribution in [-0.2, 0) is 0 Å². The van der Waals surface area contributed by atoms with E-state index in [1.165, 1.54) is 5.56 Å². The monoisotopic (exact) mass is 337 g/mol. The van der Waals surface area contributed by atoms with Crippen LogP contribution < -0.4 is 10.6 Å². The Labute approximate surface area is 147 Å². The molecule has 3 atom stereocenters. The van der Waals surface area contributed by atoms with E-state index >= 15 is 0 Å². The number of aryl methyl sites for hydroxylation is 1. The molecule has 2 aliphatic heterocycles. The van der Waals surface area contributed by atoms with Crippen LogP contribution in [0.4, 0.5) is 5.69 Å². The summed E-state index contributed by atoms with van der Waals surface area (Å²) in [6.07, 6.45) is 0. The molecule has 0 saturated carbocycles. The summed E-state index contributed by atoms with van der Waals surface area (Å²) in [5, 5.41) is 16.9. The Morgan fingerprint density at radius 1 is 1.12 bits per heavy atom. The number of likely N-dealkylation sites (N-methyl/N-ethyl adjacent to an activating group) is 1. The fourth-order valence-corrected chi connectivity index (χ4v) is 4.14. The van der Waals surface area contributed by atoms with Gasteiger partial charge < -0.3 is 20.6 Å². The van der Waals surface area contributed by atoms with E-state index in [4.69, 9.17) is 0 Å². The van der Waals surface area contributed by atoms with Gasteiger partial charge in [-0.1, -0.05) is 18.2 Å². The largest absolute Gasteiger partial charge is 0.508 e. The number of benzene rings is 2. The maximum absolute atomic E-state index is 12.5. The molecule has 0 aromatic heterocycles. The van der Waals surface area contributed by atoms with Crippen LogP contribution in [0.25, 0.3) is 0 Å². The molecule has 0 spiro atoms. The van der Waals surface area contributed by atoms with E-state index in [1.54, 1.807) is 12.1 Å². The van der Waals surface area contributed by atoms with Crippen molar-refractivity contribution in [1.82, 2.24) is 10.2 Å². The molecule has 2 aromatic rings.